The van der Waals surface area contributed by atoms with Crippen LogP contribution >= 0.6 is 0 Å². The molecular formula is C9H14N2O2. The van der Waals surface area contributed by atoms with Crippen molar-refractivity contribution < 1.29 is 9.90 Å². The minimum atomic E-state index is -0.243. The molecule has 0 aliphatic rings. The van der Waals surface area contributed by atoms with E-state index in [1.54, 1.807) is 6.07 Å². The van der Waals surface area contributed by atoms with E-state index in [9.17, 15) is 4.79 Å². The average molecular weight is 182 g/mol. The second kappa shape index (κ2) is 3.98. The maximum Gasteiger partial charge on any atom is 0.256 e. The molecule has 0 spiro atoms. The normalized spacial score (nSPS) is 10.4. The van der Waals surface area contributed by atoms with Crippen LogP contribution in [-0.2, 0) is 0 Å². The molecule has 1 aromatic rings. The summed E-state index contributed by atoms with van der Waals surface area (Å²) in [6.45, 7) is 4.64. The standard InChI is InChI=1S/C9H14N2O2/c1-6(2)5-11-9(13)7-3-4-10-8(7)12/h3-4,6,10,12H,5H2,1-2H3,(H,11,13). The SMILES string of the molecule is CC(C)CNC(=O)c1cc[nH]c1O. The third kappa shape index (κ3) is 2.50. The number of carbonyl (C=O) groups excluding carboxylic acids is 1. The summed E-state index contributed by atoms with van der Waals surface area (Å²) in [5, 5.41) is 11.9. The van der Waals surface area contributed by atoms with Gasteiger partial charge in [0.05, 0.1) is 0 Å². The number of aromatic hydroxyl groups is 1. The van der Waals surface area contributed by atoms with Crippen molar-refractivity contribution in [3.8, 4) is 5.88 Å². The van der Waals surface area contributed by atoms with Gasteiger partial charge in [-0.3, -0.25) is 4.79 Å². The quantitative estimate of drug-likeness (QED) is 0.655. The summed E-state index contributed by atoms with van der Waals surface area (Å²) in [6, 6.07) is 1.55. The van der Waals surface area contributed by atoms with Gasteiger partial charge in [0.2, 0.25) is 5.88 Å². The van der Waals surface area contributed by atoms with Gasteiger partial charge in [-0.05, 0) is 12.0 Å². The summed E-state index contributed by atoms with van der Waals surface area (Å²) in [6.07, 6.45) is 1.53. The van der Waals surface area contributed by atoms with Gasteiger partial charge in [-0.15, -0.1) is 0 Å². The van der Waals surface area contributed by atoms with Gasteiger partial charge in [-0.1, -0.05) is 13.8 Å². The number of carbonyl (C=O) groups is 1. The minimum Gasteiger partial charge on any atom is -0.494 e. The molecule has 1 aromatic heterocycles. The maximum atomic E-state index is 11.3. The topological polar surface area (TPSA) is 65.1 Å². The molecule has 0 bridgehead atoms. The predicted molar refractivity (Wildman–Crippen MR) is 49.6 cm³/mol. The highest BCUT2D eigenvalue weighted by Crippen LogP contribution is 2.12. The average Bonchev–Trinajstić information content (AvgIpc) is 2.47. The third-order valence-corrected chi connectivity index (χ3v) is 1.64. The lowest BCUT2D eigenvalue weighted by atomic mass is 10.2. The molecule has 0 fully saturated rings. The molecule has 3 N–H and O–H groups in total. The Kier molecular flexibility index (Phi) is 2.95. The monoisotopic (exact) mass is 182 g/mol. The highest BCUT2D eigenvalue weighted by Gasteiger charge is 2.11. The molecule has 72 valence electrons. The molecule has 1 rings (SSSR count). The lowest BCUT2D eigenvalue weighted by Crippen LogP contribution is -2.26. The van der Waals surface area contributed by atoms with Crippen LogP contribution in [0.15, 0.2) is 12.3 Å². The molecule has 0 unspecified atom stereocenters. The molecule has 0 aliphatic carbocycles. The third-order valence-electron chi connectivity index (χ3n) is 1.64. The molecular weight excluding hydrogens is 168 g/mol. The van der Waals surface area contributed by atoms with Gasteiger partial charge in [-0.25, -0.2) is 0 Å². The van der Waals surface area contributed by atoms with Crippen LogP contribution in [0.25, 0.3) is 0 Å². The molecule has 4 heteroatoms. The van der Waals surface area contributed by atoms with Crippen LogP contribution in [0.3, 0.4) is 0 Å². The summed E-state index contributed by atoms with van der Waals surface area (Å²) < 4.78 is 0. The zero-order valence-corrected chi connectivity index (χ0v) is 7.79. The summed E-state index contributed by atoms with van der Waals surface area (Å²) in [5.74, 6) is 0.0822. The van der Waals surface area contributed by atoms with E-state index >= 15 is 0 Å². The number of nitrogens with one attached hydrogen (secondary N) is 2. The Morgan fingerprint density at radius 3 is 2.85 bits per heavy atom. The molecule has 1 amide bonds. The van der Waals surface area contributed by atoms with E-state index in [0.29, 0.717) is 18.0 Å². The van der Waals surface area contributed by atoms with Crippen molar-refractivity contribution in [3.63, 3.8) is 0 Å². The second-order valence-corrected chi connectivity index (χ2v) is 3.34. The Morgan fingerprint density at radius 1 is 1.69 bits per heavy atom. The Morgan fingerprint density at radius 2 is 2.38 bits per heavy atom. The first-order valence-corrected chi connectivity index (χ1v) is 4.25. The van der Waals surface area contributed by atoms with Crippen molar-refractivity contribution in [2.45, 2.75) is 13.8 Å². The van der Waals surface area contributed by atoms with Gasteiger partial charge < -0.3 is 15.4 Å². The van der Waals surface area contributed by atoms with Gasteiger partial charge in [0.1, 0.15) is 5.56 Å². The van der Waals surface area contributed by atoms with E-state index < -0.39 is 0 Å². The molecule has 4 nitrogen and oxygen atoms in total. The fraction of sp³-hybridized carbons (Fsp3) is 0.444. The molecule has 1 heterocycles. The van der Waals surface area contributed by atoms with Gasteiger partial charge >= 0.3 is 0 Å². The molecule has 0 aromatic carbocycles. The number of hydrogen-bond acceptors (Lipinski definition) is 2. The minimum absolute atomic E-state index is 0.0822. The van der Waals surface area contributed by atoms with Crippen LogP contribution in [0.1, 0.15) is 24.2 Å². The van der Waals surface area contributed by atoms with E-state index in [-0.39, 0.29) is 11.8 Å². The Labute approximate surface area is 77.0 Å². The first-order chi connectivity index (χ1) is 6.11. The molecule has 0 saturated carbocycles. The summed E-state index contributed by atoms with van der Waals surface area (Å²) >= 11 is 0. The van der Waals surface area contributed by atoms with Crippen molar-refractivity contribution in [1.29, 1.82) is 0 Å². The second-order valence-electron chi connectivity index (χ2n) is 3.34. The van der Waals surface area contributed by atoms with Crippen LogP contribution in [-0.4, -0.2) is 22.5 Å². The first kappa shape index (κ1) is 9.64. The van der Waals surface area contributed by atoms with Gasteiger partial charge in [0.15, 0.2) is 0 Å². The Balaban J connectivity index is 2.54. The number of aromatic nitrogens is 1. The molecule has 0 aliphatic heterocycles. The fourth-order valence-electron chi connectivity index (χ4n) is 0.936. The zero-order chi connectivity index (χ0) is 9.84. The van der Waals surface area contributed by atoms with E-state index in [0.717, 1.165) is 0 Å². The first-order valence-electron chi connectivity index (χ1n) is 4.25. The zero-order valence-electron chi connectivity index (χ0n) is 7.79. The maximum absolute atomic E-state index is 11.3. The van der Waals surface area contributed by atoms with Gasteiger partial charge in [-0.2, -0.15) is 0 Å². The molecule has 0 saturated heterocycles. The summed E-state index contributed by atoms with van der Waals surface area (Å²) in [7, 11) is 0. The van der Waals surface area contributed by atoms with Crippen molar-refractivity contribution in [2.75, 3.05) is 6.54 Å². The van der Waals surface area contributed by atoms with Crippen LogP contribution in [0.2, 0.25) is 0 Å². The van der Waals surface area contributed by atoms with E-state index in [2.05, 4.69) is 10.3 Å². The Bertz CT molecular complexity index is 292. The van der Waals surface area contributed by atoms with Gasteiger partial charge in [0.25, 0.3) is 5.91 Å². The predicted octanol–water partition coefficient (Wildman–Crippen LogP) is 1.11. The summed E-state index contributed by atoms with van der Waals surface area (Å²) in [5.41, 5.74) is 0.292. The number of rotatable bonds is 3. The van der Waals surface area contributed by atoms with Crippen molar-refractivity contribution in [3.05, 3.63) is 17.8 Å². The van der Waals surface area contributed by atoms with Crippen LogP contribution < -0.4 is 5.32 Å². The molecule has 0 radical (unpaired) electrons. The smallest absolute Gasteiger partial charge is 0.256 e. The number of hydrogen-bond donors (Lipinski definition) is 3. The molecule has 13 heavy (non-hydrogen) atoms. The number of amides is 1. The van der Waals surface area contributed by atoms with Gasteiger partial charge in [0, 0.05) is 12.7 Å². The lowest BCUT2D eigenvalue weighted by molar-refractivity contribution is 0.0946. The van der Waals surface area contributed by atoms with Crippen molar-refractivity contribution in [2.24, 2.45) is 5.92 Å². The fourth-order valence-corrected chi connectivity index (χ4v) is 0.936. The molecule has 0 atom stereocenters. The number of H-pyrrole nitrogens is 1. The van der Waals surface area contributed by atoms with Crippen LogP contribution in [0.5, 0.6) is 5.88 Å². The van der Waals surface area contributed by atoms with E-state index in [1.165, 1.54) is 6.20 Å². The largest absolute Gasteiger partial charge is 0.494 e. The Hall–Kier alpha value is -1.45. The highest BCUT2D eigenvalue weighted by molar-refractivity contribution is 5.96. The van der Waals surface area contributed by atoms with Crippen molar-refractivity contribution >= 4 is 5.91 Å². The van der Waals surface area contributed by atoms with Crippen LogP contribution in [0.4, 0.5) is 0 Å². The summed E-state index contributed by atoms with van der Waals surface area (Å²) in [4.78, 5) is 13.9. The van der Waals surface area contributed by atoms with E-state index in [1.807, 2.05) is 13.8 Å². The van der Waals surface area contributed by atoms with Crippen molar-refractivity contribution in [1.82, 2.24) is 10.3 Å². The highest BCUT2D eigenvalue weighted by atomic mass is 16.3. The van der Waals surface area contributed by atoms with Crippen LogP contribution in [0, 0.1) is 5.92 Å². The number of aromatic amines is 1. The van der Waals surface area contributed by atoms with E-state index in [4.69, 9.17) is 5.11 Å². The lowest BCUT2D eigenvalue weighted by Gasteiger charge is -2.06.